The molecule has 0 N–H and O–H groups in total. The van der Waals surface area contributed by atoms with Crippen LogP contribution >= 0.6 is 0 Å². The second-order valence-electron chi connectivity index (χ2n) is 24.1. The Morgan fingerprint density at radius 3 is 1.59 bits per heavy atom. The van der Waals surface area contributed by atoms with Crippen molar-refractivity contribution in [2.45, 2.75) is 10.8 Å². The third-order valence-electron chi connectivity index (χ3n) is 20.2. The van der Waals surface area contributed by atoms with Gasteiger partial charge in [-0.1, -0.05) is 243 Å². The Bertz CT molecular complexity index is 5630. The van der Waals surface area contributed by atoms with Gasteiger partial charge in [0, 0.05) is 44.0 Å². The lowest BCUT2D eigenvalue weighted by Gasteiger charge is -2.39. The quantitative estimate of drug-likeness (QED) is 0.171. The summed E-state index contributed by atoms with van der Waals surface area (Å²) in [6.45, 7) is 0. The van der Waals surface area contributed by atoms with E-state index in [2.05, 4.69) is 307 Å². The summed E-state index contributed by atoms with van der Waals surface area (Å²) in [5.41, 5.74) is 30.7. The normalized spacial score (nSPS) is 15.0. The number of hydrogen-bond acceptors (Lipinski definition) is 2. The predicted molar refractivity (Wildman–Crippen MR) is 358 cm³/mol. The molecule has 0 fully saturated rings. The zero-order valence-electron chi connectivity index (χ0n) is 47.2. The monoisotopic (exact) mass is 1100 g/mol. The first-order valence-electron chi connectivity index (χ1n) is 30.3. The molecule has 1 aliphatic heterocycles. The van der Waals surface area contributed by atoms with Crippen LogP contribution in [0.5, 0.6) is 0 Å². The molecule has 0 radical (unpaired) electrons. The van der Waals surface area contributed by atoms with Crippen LogP contribution in [-0.4, -0.2) is 4.57 Å². The Kier molecular flexibility index (Phi) is 9.32. The van der Waals surface area contributed by atoms with Gasteiger partial charge in [0.05, 0.1) is 33.2 Å². The summed E-state index contributed by atoms with van der Waals surface area (Å²) in [6, 6.07) is 114. The summed E-state index contributed by atoms with van der Waals surface area (Å²) in [7, 11) is 0. The number of aromatic nitrogens is 1. The fourth-order valence-electron chi connectivity index (χ4n) is 16.8. The Morgan fingerprint density at radius 1 is 0.299 bits per heavy atom. The van der Waals surface area contributed by atoms with Crippen LogP contribution in [0.4, 0.5) is 17.1 Å². The molecule has 0 saturated heterocycles. The third-order valence-corrected chi connectivity index (χ3v) is 20.2. The molecule has 3 nitrogen and oxygen atoms in total. The number of furan rings is 1. The van der Waals surface area contributed by atoms with Gasteiger partial charge in [-0.05, 0) is 160 Å². The van der Waals surface area contributed by atoms with E-state index in [1.165, 1.54) is 127 Å². The van der Waals surface area contributed by atoms with Crippen molar-refractivity contribution in [1.82, 2.24) is 4.57 Å². The molecule has 2 aromatic heterocycles. The number of anilines is 3. The Morgan fingerprint density at radius 2 is 0.805 bits per heavy atom. The minimum atomic E-state index is -0.529. The van der Waals surface area contributed by atoms with Gasteiger partial charge in [0.15, 0.2) is 0 Å². The second-order valence-corrected chi connectivity index (χ2v) is 24.1. The molecule has 0 saturated carbocycles. The Labute approximate surface area is 502 Å². The lowest BCUT2D eigenvalue weighted by Crippen LogP contribution is -2.33. The van der Waals surface area contributed by atoms with E-state index in [1.54, 1.807) is 0 Å². The summed E-state index contributed by atoms with van der Waals surface area (Å²) in [5, 5.41) is 7.17. The minimum Gasteiger partial charge on any atom is -0.455 e. The van der Waals surface area contributed by atoms with Gasteiger partial charge in [-0.25, -0.2) is 0 Å². The lowest BCUT2D eigenvalue weighted by atomic mass is 9.65. The van der Waals surface area contributed by atoms with Crippen molar-refractivity contribution in [2.75, 3.05) is 4.90 Å². The molecular weight excluding hydrogens is 1050 g/mol. The van der Waals surface area contributed by atoms with Crippen LogP contribution in [0.15, 0.2) is 308 Å². The summed E-state index contributed by atoms with van der Waals surface area (Å²) < 4.78 is 9.13. The number of para-hydroxylation sites is 5. The van der Waals surface area contributed by atoms with Crippen LogP contribution in [0.1, 0.15) is 44.5 Å². The number of fused-ring (bicyclic) bond motifs is 26. The van der Waals surface area contributed by atoms with Crippen molar-refractivity contribution in [3.63, 3.8) is 0 Å². The maximum Gasteiger partial charge on any atom is 0.143 e. The summed E-state index contributed by atoms with van der Waals surface area (Å²) in [6.07, 6.45) is 0. The minimum absolute atomic E-state index is 0.483. The standard InChI is InChI=1S/C84H50N2O/c1-7-27-68-59(18-1)60-19-2-8-28-69(60)83(68)71-30-10-4-23-67(71)80-73(83)32-17-36-78(80)85(56-44-40-51(41-45-56)58-24-15-26-66-64-22-6-14-37-79(64)87-82(58)66)57-46-42-53-48-52(38-39-54(53)49-57)55-43-47-62-61-20-3-9-29-70(61)84(75(62)50-55)72-31-11-13-35-77(72)86-76-34-12-5-21-63(76)65-25-16-33-74(84)81(65)86/h1-50H. The van der Waals surface area contributed by atoms with E-state index in [4.69, 9.17) is 4.42 Å². The SMILES string of the molecule is c1ccc2c(c1)-c1ccccc1C21c2ccccc2-c2c(N(c3ccc(-c4cccc5c4oc4ccccc45)cc3)c3ccc4cc(-c5ccc6c(c5)C5(c7ccccc7-6)c6ccccc6-n6c7ccccc7c7cccc5c76)ccc4c3)cccc21. The highest BCUT2D eigenvalue weighted by atomic mass is 16.3. The van der Waals surface area contributed by atoms with Crippen molar-refractivity contribution >= 4 is 71.6 Å². The van der Waals surface area contributed by atoms with Crippen molar-refractivity contribution in [3.05, 3.63) is 348 Å². The van der Waals surface area contributed by atoms with E-state index in [9.17, 15) is 0 Å². The second kappa shape index (κ2) is 17.2. The van der Waals surface area contributed by atoms with Crippen molar-refractivity contribution in [3.8, 4) is 61.3 Å². The number of rotatable bonds is 5. The lowest BCUT2D eigenvalue weighted by molar-refractivity contribution is 0.670. The van der Waals surface area contributed by atoms with Gasteiger partial charge in [-0.3, -0.25) is 0 Å². The van der Waals surface area contributed by atoms with E-state index in [1.807, 2.05) is 6.07 Å². The first-order valence-corrected chi connectivity index (χ1v) is 30.3. The molecule has 14 aromatic carbocycles. The van der Waals surface area contributed by atoms with E-state index < -0.39 is 10.8 Å². The van der Waals surface area contributed by atoms with Gasteiger partial charge in [0.1, 0.15) is 11.2 Å². The van der Waals surface area contributed by atoms with Gasteiger partial charge >= 0.3 is 0 Å². The van der Waals surface area contributed by atoms with Gasteiger partial charge in [0.2, 0.25) is 0 Å². The molecule has 16 aromatic rings. The van der Waals surface area contributed by atoms with Crippen LogP contribution in [0, 0.1) is 0 Å². The van der Waals surface area contributed by atoms with Gasteiger partial charge < -0.3 is 13.9 Å². The van der Waals surface area contributed by atoms with Crippen LogP contribution in [0.2, 0.25) is 0 Å². The molecule has 3 aliphatic carbocycles. The van der Waals surface area contributed by atoms with E-state index in [0.717, 1.165) is 50.1 Å². The van der Waals surface area contributed by atoms with Gasteiger partial charge in [-0.15, -0.1) is 0 Å². The number of benzene rings is 14. The average molecular weight is 1100 g/mol. The smallest absolute Gasteiger partial charge is 0.143 e. The molecule has 402 valence electrons. The third kappa shape index (κ3) is 6.00. The molecular formula is C84H50N2O. The summed E-state index contributed by atoms with van der Waals surface area (Å²) >= 11 is 0. The highest BCUT2D eigenvalue weighted by Crippen LogP contribution is 2.66. The van der Waals surface area contributed by atoms with Crippen molar-refractivity contribution in [1.29, 1.82) is 0 Å². The highest BCUT2D eigenvalue weighted by Gasteiger charge is 2.53. The first kappa shape index (κ1) is 47.1. The molecule has 1 atom stereocenters. The van der Waals surface area contributed by atoms with Crippen LogP contribution in [-0.2, 0) is 10.8 Å². The van der Waals surface area contributed by atoms with Crippen LogP contribution in [0.3, 0.4) is 0 Å². The Hall–Kier alpha value is -11.3. The zero-order valence-corrected chi connectivity index (χ0v) is 47.2. The van der Waals surface area contributed by atoms with Gasteiger partial charge in [-0.2, -0.15) is 0 Å². The maximum atomic E-state index is 6.60. The Balaban J connectivity index is 0.761. The van der Waals surface area contributed by atoms with Gasteiger partial charge in [0.25, 0.3) is 0 Å². The van der Waals surface area contributed by atoms with E-state index in [0.29, 0.717) is 0 Å². The summed E-state index contributed by atoms with van der Waals surface area (Å²) in [4.78, 5) is 2.50. The molecule has 0 bridgehead atoms. The first-order chi connectivity index (χ1) is 43.2. The molecule has 0 amide bonds. The predicted octanol–water partition coefficient (Wildman–Crippen LogP) is 21.7. The molecule has 2 spiro atoms. The van der Waals surface area contributed by atoms with Crippen LogP contribution < -0.4 is 4.90 Å². The summed E-state index contributed by atoms with van der Waals surface area (Å²) in [5.74, 6) is 0. The largest absolute Gasteiger partial charge is 0.455 e. The molecule has 3 heteroatoms. The molecule has 1 unspecified atom stereocenters. The van der Waals surface area contributed by atoms with E-state index >= 15 is 0 Å². The van der Waals surface area contributed by atoms with Crippen LogP contribution in [0.25, 0.3) is 116 Å². The maximum absolute atomic E-state index is 6.60. The topological polar surface area (TPSA) is 21.3 Å². The number of nitrogens with zero attached hydrogens (tertiary/aromatic N) is 2. The number of hydrogen-bond donors (Lipinski definition) is 0. The average Bonchev–Trinajstić information content (AvgIpc) is 1.56. The van der Waals surface area contributed by atoms with E-state index in [-0.39, 0.29) is 0 Å². The molecule has 4 aliphatic rings. The molecule has 3 heterocycles. The fourth-order valence-corrected chi connectivity index (χ4v) is 16.8. The molecule has 20 rings (SSSR count). The van der Waals surface area contributed by atoms with Crippen molar-refractivity contribution < 1.29 is 4.42 Å². The fraction of sp³-hybridized carbons (Fsp3) is 0.0238. The highest BCUT2D eigenvalue weighted by molar-refractivity contribution is 6.14. The van der Waals surface area contributed by atoms with Crippen molar-refractivity contribution in [2.24, 2.45) is 0 Å². The zero-order chi connectivity index (χ0) is 56.7. The molecule has 87 heavy (non-hydrogen) atoms.